The van der Waals surface area contributed by atoms with E-state index in [1.807, 2.05) is 11.3 Å². The largest absolute Gasteiger partial charge is 0.298 e. The molecular weight excluding hydrogens is 252 g/mol. The molecule has 0 spiro atoms. The van der Waals surface area contributed by atoms with Crippen LogP contribution in [0.3, 0.4) is 0 Å². The van der Waals surface area contributed by atoms with E-state index in [0.29, 0.717) is 0 Å². The highest BCUT2D eigenvalue weighted by atomic mass is 32.1. The topological polar surface area (TPSA) is 6.48 Å². The minimum Gasteiger partial charge on any atom is -0.298 e. The van der Waals surface area contributed by atoms with Gasteiger partial charge in [0.15, 0.2) is 0 Å². The normalized spacial score (nSPS) is 29.0. The summed E-state index contributed by atoms with van der Waals surface area (Å²) in [6.07, 6.45) is 4.06. The molecule has 0 amide bonds. The molecule has 3 rings (SSSR count). The first kappa shape index (κ1) is 13.6. The van der Waals surface area contributed by atoms with Gasteiger partial charge < -0.3 is 0 Å². The number of piperazine rings is 1. The first-order valence-electron chi connectivity index (χ1n) is 7.74. The van der Waals surface area contributed by atoms with Crippen LogP contribution >= 0.6 is 11.3 Å². The third kappa shape index (κ3) is 3.04. The van der Waals surface area contributed by atoms with Crippen molar-refractivity contribution in [3.8, 4) is 0 Å². The van der Waals surface area contributed by atoms with Crippen molar-refractivity contribution in [2.45, 2.75) is 45.2 Å². The Bertz CT molecular complexity index is 387. The molecule has 0 bridgehead atoms. The lowest BCUT2D eigenvalue weighted by Gasteiger charge is -2.45. The average molecular weight is 278 g/mol. The summed E-state index contributed by atoms with van der Waals surface area (Å²) in [5.74, 6) is 0.768. The molecule has 106 valence electrons. The highest BCUT2D eigenvalue weighted by Crippen LogP contribution is 2.27. The SMILES string of the molecule is CC(C)C1CN2CCCC2CN1CCc1cccs1. The van der Waals surface area contributed by atoms with Crippen molar-refractivity contribution in [3.05, 3.63) is 22.4 Å². The molecule has 3 heteroatoms. The van der Waals surface area contributed by atoms with Crippen molar-refractivity contribution >= 4 is 11.3 Å². The summed E-state index contributed by atoms with van der Waals surface area (Å²) < 4.78 is 0. The molecule has 0 radical (unpaired) electrons. The number of rotatable bonds is 4. The Morgan fingerprint density at radius 1 is 1.37 bits per heavy atom. The third-order valence-electron chi connectivity index (χ3n) is 4.83. The smallest absolute Gasteiger partial charge is 0.0247 e. The van der Waals surface area contributed by atoms with Crippen LogP contribution in [0.5, 0.6) is 0 Å². The summed E-state index contributed by atoms with van der Waals surface area (Å²) in [6.45, 7) is 9.96. The lowest BCUT2D eigenvalue weighted by Crippen LogP contribution is -2.58. The van der Waals surface area contributed by atoms with Crippen molar-refractivity contribution in [1.29, 1.82) is 0 Å². The van der Waals surface area contributed by atoms with Crippen LogP contribution in [0.2, 0.25) is 0 Å². The van der Waals surface area contributed by atoms with Crippen LogP contribution in [0.4, 0.5) is 0 Å². The fourth-order valence-corrected chi connectivity index (χ4v) is 4.40. The monoisotopic (exact) mass is 278 g/mol. The number of hydrogen-bond acceptors (Lipinski definition) is 3. The number of hydrogen-bond donors (Lipinski definition) is 0. The van der Waals surface area contributed by atoms with Gasteiger partial charge in [-0.25, -0.2) is 0 Å². The van der Waals surface area contributed by atoms with Crippen LogP contribution in [0.25, 0.3) is 0 Å². The predicted octanol–water partition coefficient (Wildman–Crippen LogP) is 3.10. The fraction of sp³-hybridized carbons (Fsp3) is 0.750. The number of thiophene rings is 1. The van der Waals surface area contributed by atoms with E-state index in [4.69, 9.17) is 0 Å². The quantitative estimate of drug-likeness (QED) is 0.835. The van der Waals surface area contributed by atoms with Crippen molar-refractivity contribution in [1.82, 2.24) is 9.80 Å². The molecule has 19 heavy (non-hydrogen) atoms. The van der Waals surface area contributed by atoms with Crippen LogP contribution in [0.1, 0.15) is 31.6 Å². The van der Waals surface area contributed by atoms with Gasteiger partial charge in [0, 0.05) is 36.6 Å². The van der Waals surface area contributed by atoms with Gasteiger partial charge in [-0.1, -0.05) is 19.9 Å². The summed E-state index contributed by atoms with van der Waals surface area (Å²) in [7, 11) is 0. The molecule has 2 saturated heterocycles. The van der Waals surface area contributed by atoms with Gasteiger partial charge in [0.25, 0.3) is 0 Å². The zero-order valence-corrected chi connectivity index (χ0v) is 13.0. The Balaban J connectivity index is 1.63. The highest BCUT2D eigenvalue weighted by molar-refractivity contribution is 7.09. The van der Waals surface area contributed by atoms with E-state index in [-0.39, 0.29) is 0 Å². The molecule has 0 N–H and O–H groups in total. The van der Waals surface area contributed by atoms with E-state index in [0.717, 1.165) is 18.0 Å². The zero-order chi connectivity index (χ0) is 13.2. The van der Waals surface area contributed by atoms with Gasteiger partial charge in [-0.3, -0.25) is 9.80 Å². The lowest BCUT2D eigenvalue weighted by atomic mass is 9.97. The van der Waals surface area contributed by atoms with Gasteiger partial charge in [0.2, 0.25) is 0 Å². The molecule has 1 aromatic heterocycles. The standard InChI is InChI=1S/C16H26N2S/c1-13(2)16-12-17-8-3-5-14(17)11-18(16)9-7-15-6-4-10-19-15/h4,6,10,13-14,16H,3,5,7-9,11-12H2,1-2H3. The lowest BCUT2D eigenvalue weighted by molar-refractivity contribution is 0.0303. The van der Waals surface area contributed by atoms with Gasteiger partial charge >= 0.3 is 0 Å². The maximum atomic E-state index is 2.77. The summed E-state index contributed by atoms with van der Waals surface area (Å²) >= 11 is 1.90. The molecule has 0 aliphatic carbocycles. The van der Waals surface area contributed by atoms with Gasteiger partial charge in [-0.2, -0.15) is 0 Å². The van der Waals surface area contributed by atoms with Crippen molar-refractivity contribution in [2.24, 2.45) is 5.92 Å². The van der Waals surface area contributed by atoms with Crippen molar-refractivity contribution in [2.75, 3.05) is 26.2 Å². The molecule has 2 nitrogen and oxygen atoms in total. The molecule has 2 unspecified atom stereocenters. The van der Waals surface area contributed by atoms with Gasteiger partial charge in [-0.15, -0.1) is 11.3 Å². The molecule has 0 aromatic carbocycles. The molecule has 1 aromatic rings. The van der Waals surface area contributed by atoms with E-state index >= 15 is 0 Å². The molecular formula is C16H26N2S. The number of nitrogens with zero attached hydrogens (tertiary/aromatic N) is 2. The van der Waals surface area contributed by atoms with Crippen molar-refractivity contribution < 1.29 is 0 Å². The molecule has 2 fully saturated rings. The molecule has 2 atom stereocenters. The second-order valence-electron chi connectivity index (χ2n) is 6.43. The average Bonchev–Trinajstić information content (AvgIpc) is 3.05. The Morgan fingerprint density at radius 3 is 3.00 bits per heavy atom. The van der Waals surface area contributed by atoms with Crippen LogP contribution < -0.4 is 0 Å². The van der Waals surface area contributed by atoms with E-state index < -0.39 is 0 Å². The molecule has 2 aliphatic rings. The van der Waals surface area contributed by atoms with E-state index in [1.165, 1.54) is 50.3 Å². The maximum absolute atomic E-state index is 2.77. The van der Waals surface area contributed by atoms with Crippen molar-refractivity contribution in [3.63, 3.8) is 0 Å². The molecule has 0 saturated carbocycles. The second kappa shape index (κ2) is 5.94. The first-order chi connectivity index (χ1) is 9.24. The second-order valence-corrected chi connectivity index (χ2v) is 7.46. The summed E-state index contributed by atoms with van der Waals surface area (Å²) in [6, 6.07) is 6.06. The van der Waals surface area contributed by atoms with Gasteiger partial charge in [0.05, 0.1) is 0 Å². The highest BCUT2D eigenvalue weighted by Gasteiger charge is 2.36. The minimum atomic E-state index is 0.759. The Morgan fingerprint density at radius 2 is 2.26 bits per heavy atom. The third-order valence-corrected chi connectivity index (χ3v) is 5.77. The number of fused-ring (bicyclic) bond motifs is 1. The summed E-state index contributed by atoms with van der Waals surface area (Å²) in [4.78, 5) is 7.06. The minimum absolute atomic E-state index is 0.759. The van der Waals surface area contributed by atoms with Crippen LogP contribution in [-0.4, -0.2) is 48.1 Å². The summed E-state index contributed by atoms with van der Waals surface area (Å²) in [5, 5.41) is 2.20. The maximum Gasteiger partial charge on any atom is 0.0247 e. The van der Waals surface area contributed by atoms with E-state index in [2.05, 4.69) is 41.2 Å². The Hall–Kier alpha value is -0.380. The Labute approximate surface area is 121 Å². The predicted molar refractivity (Wildman–Crippen MR) is 82.8 cm³/mol. The summed E-state index contributed by atoms with van der Waals surface area (Å²) in [5.41, 5.74) is 0. The van der Waals surface area contributed by atoms with Crippen LogP contribution in [-0.2, 0) is 6.42 Å². The zero-order valence-electron chi connectivity index (χ0n) is 12.2. The van der Waals surface area contributed by atoms with Crippen LogP contribution in [0.15, 0.2) is 17.5 Å². The molecule has 3 heterocycles. The van der Waals surface area contributed by atoms with E-state index in [1.54, 1.807) is 0 Å². The molecule has 2 aliphatic heterocycles. The van der Waals surface area contributed by atoms with E-state index in [9.17, 15) is 0 Å². The van der Waals surface area contributed by atoms with Gasteiger partial charge in [0.1, 0.15) is 0 Å². The first-order valence-corrected chi connectivity index (χ1v) is 8.62. The van der Waals surface area contributed by atoms with Gasteiger partial charge in [-0.05, 0) is 43.2 Å². The Kier molecular flexibility index (Phi) is 4.25. The van der Waals surface area contributed by atoms with Crippen LogP contribution in [0, 0.1) is 5.92 Å². The fourth-order valence-electron chi connectivity index (χ4n) is 3.70.